The van der Waals surface area contributed by atoms with E-state index in [1.54, 1.807) is 0 Å². The first-order chi connectivity index (χ1) is 14.5. The molecule has 0 fully saturated rings. The number of aryl methyl sites for hydroxylation is 3. The van der Waals surface area contributed by atoms with Crippen LogP contribution >= 0.6 is 23.6 Å². The van der Waals surface area contributed by atoms with Crippen LogP contribution in [0.15, 0.2) is 48.5 Å². The maximum atomic E-state index is 12.7. The summed E-state index contributed by atoms with van der Waals surface area (Å²) in [5, 5.41) is 7.74. The van der Waals surface area contributed by atoms with Gasteiger partial charge < -0.3 is 15.4 Å². The standard InChI is InChI=1S/C24H26N2O2S2/c1-5-16-13-10-14-17(6-2)21(16)25-24(29)26-22-20(23(27)28-4)19(15(3)30-22)18-11-8-7-9-12-18/h7-14H,5-6H2,1-4H3,(H2,25,26,29). The summed E-state index contributed by atoms with van der Waals surface area (Å²) < 4.78 is 5.09. The van der Waals surface area contributed by atoms with Crippen LogP contribution in [0, 0.1) is 6.92 Å². The van der Waals surface area contributed by atoms with Gasteiger partial charge in [-0.3, -0.25) is 0 Å². The van der Waals surface area contributed by atoms with Crippen LogP contribution < -0.4 is 10.6 Å². The van der Waals surface area contributed by atoms with Crippen molar-refractivity contribution in [2.24, 2.45) is 0 Å². The smallest absolute Gasteiger partial charge is 0.341 e. The van der Waals surface area contributed by atoms with Crippen molar-refractivity contribution < 1.29 is 9.53 Å². The molecule has 2 N–H and O–H groups in total. The highest BCUT2D eigenvalue weighted by Crippen LogP contribution is 2.40. The van der Waals surface area contributed by atoms with Gasteiger partial charge in [-0.15, -0.1) is 11.3 Å². The van der Waals surface area contributed by atoms with Crippen molar-refractivity contribution in [3.8, 4) is 11.1 Å². The van der Waals surface area contributed by atoms with Crippen molar-refractivity contribution in [1.29, 1.82) is 0 Å². The summed E-state index contributed by atoms with van der Waals surface area (Å²) in [4.78, 5) is 13.7. The fourth-order valence-electron chi connectivity index (χ4n) is 3.53. The minimum absolute atomic E-state index is 0.383. The van der Waals surface area contributed by atoms with Gasteiger partial charge in [-0.05, 0) is 48.7 Å². The Morgan fingerprint density at radius 3 is 2.20 bits per heavy atom. The number of hydrogen-bond donors (Lipinski definition) is 2. The SMILES string of the molecule is CCc1cccc(CC)c1NC(=S)Nc1sc(C)c(-c2ccccc2)c1C(=O)OC. The van der Waals surface area contributed by atoms with Gasteiger partial charge in [-0.1, -0.05) is 62.4 Å². The number of benzene rings is 2. The van der Waals surface area contributed by atoms with Crippen LogP contribution in [-0.2, 0) is 17.6 Å². The lowest BCUT2D eigenvalue weighted by Crippen LogP contribution is -2.21. The highest BCUT2D eigenvalue weighted by atomic mass is 32.1. The van der Waals surface area contributed by atoms with Gasteiger partial charge in [0, 0.05) is 16.1 Å². The zero-order valence-corrected chi connectivity index (χ0v) is 19.3. The summed E-state index contributed by atoms with van der Waals surface area (Å²) in [5.41, 5.74) is 5.81. The minimum Gasteiger partial charge on any atom is -0.465 e. The molecule has 0 aliphatic heterocycles. The van der Waals surface area contributed by atoms with E-state index >= 15 is 0 Å². The normalized spacial score (nSPS) is 10.5. The molecule has 0 unspecified atom stereocenters. The maximum Gasteiger partial charge on any atom is 0.341 e. The maximum absolute atomic E-state index is 12.7. The minimum atomic E-state index is -0.383. The number of anilines is 2. The van der Waals surface area contributed by atoms with Gasteiger partial charge in [0.1, 0.15) is 10.6 Å². The molecule has 3 aromatic rings. The first kappa shape index (κ1) is 22.0. The molecule has 0 atom stereocenters. The topological polar surface area (TPSA) is 50.4 Å². The molecule has 3 rings (SSSR count). The molecule has 1 heterocycles. The van der Waals surface area contributed by atoms with E-state index in [-0.39, 0.29) is 5.97 Å². The van der Waals surface area contributed by atoms with Crippen molar-refractivity contribution in [3.05, 3.63) is 70.1 Å². The second-order valence-electron chi connectivity index (χ2n) is 6.83. The van der Waals surface area contributed by atoms with Gasteiger partial charge in [0.25, 0.3) is 0 Å². The molecule has 0 saturated carbocycles. The quantitative estimate of drug-likeness (QED) is 0.342. The third-order valence-corrected chi connectivity index (χ3v) is 6.23. The van der Waals surface area contributed by atoms with Crippen molar-refractivity contribution in [1.82, 2.24) is 0 Å². The highest BCUT2D eigenvalue weighted by molar-refractivity contribution is 7.80. The number of thiophene rings is 1. The lowest BCUT2D eigenvalue weighted by atomic mass is 10.0. The average molecular weight is 439 g/mol. The molecule has 4 nitrogen and oxygen atoms in total. The van der Waals surface area contributed by atoms with Crippen LogP contribution in [-0.4, -0.2) is 18.2 Å². The predicted octanol–water partition coefficient (Wildman–Crippen LogP) is 6.44. The van der Waals surface area contributed by atoms with E-state index in [4.69, 9.17) is 17.0 Å². The summed E-state index contributed by atoms with van der Waals surface area (Å²) in [7, 11) is 1.40. The summed E-state index contributed by atoms with van der Waals surface area (Å²) >= 11 is 7.12. The molecule has 6 heteroatoms. The molecule has 0 aliphatic carbocycles. The van der Waals surface area contributed by atoms with Crippen LogP contribution in [0.3, 0.4) is 0 Å². The summed E-state index contributed by atoms with van der Waals surface area (Å²) in [5.74, 6) is -0.383. The first-order valence-corrected chi connectivity index (χ1v) is 11.2. The van der Waals surface area contributed by atoms with E-state index in [1.807, 2.05) is 37.3 Å². The van der Waals surface area contributed by atoms with Crippen molar-refractivity contribution >= 4 is 45.3 Å². The fraction of sp³-hybridized carbons (Fsp3) is 0.250. The second kappa shape index (κ2) is 9.87. The molecule has 0 radical (unpaired) electrons. The van der Waals surface area contributed by atoms with Gasteiger partial charge >= 0.3 is 5.97 Å². The van der Waals surface area contributed by atoms with Crippen molar-refractivity contribution in [2.75, 3.05) is 17.7 Å². The van der Waals surface area contributed by atoms with Crippen LogP contribution in [0.2, 0.25) is 0 Å². The van der Waals surface area contributed by atoms with Gasteiger partial charge in [0.15, 0.2) is 5.11 Å². The molecule has 1 aromatic heterocycles. The van der Waals surface area contributed by atoms with Crippen LogP contribution in [0.1, 0.15) is 40.2 Å². The number of carbonyl (C=O) groups is 1. The van der Waals surface area contributed by atoms with Gasteiger partial charge in [-0.2, -0.15) is 0 Å². The lowest BCUT2D eigenvalue weighted by molar-refractivity contribution is 0.0603. The summed E-state index contributed by atoms with van der Waals surface area (Å²) in [6.45, 7) is 6.25. The predicted molar refractivity (Wildman–Crippen MR) is 131 cm³/mol. The Labute approximate surface area is 187 Å². The van der Waals surface area contributed by atoms with E-state index < -0.39 is 0 Å². The Kier molecular flexibility index (Phi) is 7.24. The highest BCUT2D eigenvalue weighted by Gasteiger charge is 2.24. The fourth-order valence-corrected chi connectivity index (χ4v) is 4.87. The zero-order chi connectivity index (χ0) is 21.7. The molecule has 0 saturated heterocycles. The Hall–Kier alpha value is -2.70. The Morgan fingerprint density at radius 1 is 1.00 bits per heavy atom. The molecule has 156 valence electrons. The lowest BCUT2D eigenvalue weighted by Gasteiger charge is -2.17. The van der Waals surface area contributed by atoms with E-state index in [9.17, 15) is 4.79 Å². The summed E-state index contributed by atoms with van der Waals surface area (Å²) in [6.07, 6.45) is 1.81. The Bertz CT molecular complexity index is 1040. The average Bonchev–Trinajstić information content (AvgIpc) is 3.09. The Balaban J connectivity index is 1.96. The molecule has 30 heavy (non-hydrogen) atoms. The first-order valence-electron chi connectivity index (χ1n) is 9.95. The zero-order valence-electron chi connectivity index (χ0n) is 17.7. The third kappa shape index (κ3) is 4.55. The second-order valence-corrected chi connectivity index (χ2v) is 8.47. The van der Waals surface area contributed by atoms with Crippen molar-refractivity contribution in [3.63, 3.8) is 0 Å². The monoisotopic (exact) mass is 438 g/mol. The number of thiocarbonyl (C=S) groups is 1. The number of esters is 1. The molecule has 0 spiro atoms. The van der Waals surface area contributed by atoms with E-state index in [0.717, 1.165) is 34.5 Å². The number of ether oxygens (including phenoxy) is 1. The number of para-hydroxylation sites is 1. The number of rotatable bonds is 6. The summed E-state index contributed by atoms with van der Waals surface area (Å²) in [6, 6.07) is 16.1. The van der Waals surface area contributed by atoms with Gasteiger partial charge in [-0.25, -0.2) is 4.79 Å². The molecular weight excluding hydrogens is 412 g/mol. The number of methoxy groups -OCH3 is 1. The molecule has 0 bridgehead atoms. The van der Waals surface area contributed by atoms with Gasteiger partial charge in [0.05, 0.1) is 7.11 Å². The number of carbonyl (C=O) groups excluding carboxylic acids is 1. The van der Waals surface area contributed by atoms with E-state index in [0.29, 0.717) is 15.7 Å². The molecule has 0 amide bonds. The Morgan fingerprint density at radius 2 is 1.63 bits per heavy atom. The third-order valence-electron chi connectivity index (χ3n) is 5.00. The molecule has 0 aliphatic rings. The number of nitrogens with one attached hydrogen (secondary N) is 2. The number of hydrogen-bond acceptors (Lipinski definition) is 4. The van der Waals surface area contributed by atoms with E-state index in [1.165, 1.54) is 29.6 Å². The van der Waals surface area contributed by atoms with Gasteiger partial charge in [0.2, 0.25) is 0 Å². The van der Waals surface area contributed by atoms with Crippen molar-refractivity contribution in [2.45, 2.75) is 33.6 Å². The largest absolute Gasteiger partial charge is 0.465 e. The van der Waals surface area contributed by atoms with Crippen LogP contribution in [0.5, 0.6) is 0 Å². The van der Waals surface area contributed by atoms with E-state index in [2.05, 4.69) is 42.7 Å². The van der Waals surface area contributed by atoms with Crippen LogP contribution in [0.4, 0.5) is 10.7 Å². The molecule has 2 aromatic carbocycles. The molecular formula is C24H26N2O2S2. The van der Waals surface area contributed by atoms with Crippen LogP contribution in [0.25, 0.3) is 11.1 Å².